The maximum atomic E-state index is 12.9. The van der Waals surface area contributed by atoms with Crippen molar-refractivity contribution in [3.8, 4) is 0 Å². The molecule has 1 saturated heterocycles. The third-order valence-electron chi connectivity index (χ3n) is 5.27. The van der Waals surface area contributed by atoms with Crippen molar-refractivity contribution >= 4 is 27.7 Å². The summed E-state index contributed by atoms with van der Waals surface area (Å²) in [4.78, 5) is 24.8. The van der Waals surface area contributed by atoms with E-state index in [0.29, 0.717) is 11.5 Å². The molecule has 8 nitrogen and oxygen atoms in total. The van der Waals surface area contributed by atoms with Gasteiger partial charge < -0.3 is 4.90 Å². The van der Waals surface area contributed by atoms with Gasteiger partial charge in [0.05, 0.1) is 15.4 Å². The molecule has 31 heavy (non-hydrogen) atoms. The molecule has 2 aromatic rings. The van der Waals surface area contributed by atoms with Gasteiger partial charge in [0.1, 0.15) is 0 Å². The van der Waals surface area contributed by atoms with E-state index in [1.807, 2.05) is 26.0 Å². The Kier molecular flexibility index (Phi) is 6.87. The first-order valence-corrected chi connectivity index (χ1v) is 11.4. The lowest BCUT2D eigenvalue weighted by molar-refractivity contribution is -0.385. The molecule has 9 heteroatoms. The van der Waals surface area contributed by atoms with Crippen molar-refractivity contribution in [2.75, 3.05) is 26.2 Å². The number of benzene rings is 2. The molecular weight excluding hydrogens is 418 g/mol. The smallest absolute Gasteiger partial charge is 0.276 e. The SMILES string of the molecule is CC(C)c1ccc(S(=O)(=O)N2CCN(C(=O)C=Cc3ccccc3[N+](=O)[O-])CC2)cc1. The van der Waals surface area contributed by atoms with Gasteiger partial charge in [-0.2, -0.15) is 4.31 Å². The Bertz CT molecular complexity index is 1090. The van der Waals surface area contributed by atoms with E-state index in [-0.39, 0.29) is 42.7 Å². The molecule has 0 spiro atoms. The standard InChI is InChI=1S/C22H25N3O5S/c1-17(2)18-7-10-20(11-8-18)31(29,30)24-15-13-23(14-16-24)22(26)12-9-19-5-3-4-6-21(19)25(27)28/h3-12,17H,13-16H2,1-2H3. The summed E-state index contributed by atoms with van der Waals surface area (Å²) >= 11 is 0. The van der Waals surface area contributed by atoms with Crippen molar-refractivity contribution in [1.29, 1.82) is 0 Å². The quantitative estimate of drug-likeness (QED) is 0.387. The van der Waals surface area contributed by atoms with Crippen molar-refractivity contribution in [3.05, 3.63) is 75.8 Å². The number of carbonyl (C=O) groups is 1. The minimum atomic E-state index is -3.62. The number of amides is 1. The Morgan fingerprint density at radius 1 is 1.03 bits per heavy atom. The van der Waals surface area contributed by atoms with E-state index in [0.717, 1.165) is 5.56 Å². The zero-order valence-electron chi connectivity index (χ0n) is 17.5. The van der Waals surface area contributed by atoms with Crippen molar-refractivity contribution in [1.82, 2.24) is 9.21 Å². The lowest BCUT2D eigenvalue weighted by Gasteiger charge is -2.33. The fourth-order valence-corrected chi connectivity index (χ4v) is 4.81. The molecule has 3 rings (SSSR count). The summed E-state index contributed by atoms with van der Waals surface area (Å²) in [5.41, 5.74) is 1.33. The van der Waals surface area contributed by atoms with Crippen molar-refractivity contribution < 1.29 is 18.1 Å². The van der Waals surface area contributed by atoms with Crippen LogP contribution in [0.5, 0.6) is 0 Å². The van der Waals surface area contributed by atoms with Crippen molar-refractivity contribution in [2.24, 2.45) is 0 Å². The number of nitro benzene ring substituents is 1. The van der Waals surface area contributed by atoms with Gasteiger partial charge >= 0.3 is 0 Å². The molecule has 0 aliphatic carbocycles. The Labute approximate surface area is 182 Å². The molecule has 0 aromatic heterocycles. The number of hydrogen-bond donors (Lipinski definition) is 0. The second kappa shape index (κ2) is 9.40. The summed E-state index contributed by atoms with van der Waals surface area (Å²) in [6, 6.07) is 13.1. The molecular formula is C22H25N3O5S. The zero-order valence-corrected chi connectivity index (χ0v) is 18.3. The number of sulfonamides is 1. The van der Waals surface area contributed by atoms with Gasteiger partial charge in [0.25, 0.3) is 5.69 Å². The molecule has 1 aliphatic heterocycles. The molecule has 0 saturated carbocycles. The van der Waals surface area contributed by atoms with Crippen molar-refractivity contribution in [2.45, 2.75) is 24.7 Å². The predicted octanol–water partition coefficient (Wildman–Crippen LogP) is 3.26. The van der Waals surface area contributed by atoms with Crippen LogP contribution in [0.25, 0.3) is 6.08 Å². The molecule has 0 radical (unpaired) electrons. The molecule has 2 aromatic carbocycles. The highest BCUT2D eigenvalue weighted by molar-refractivity contribution is 7.89. The van der Waals surface area contributed by atoms with E-state index in [1.54, 1.807) is 35.2 Å². The van der Waals surface area contributed by atoms with E-state index in [4.69, 9.17) is 0 Å². The fourth-order valence-electron chi connectivity index (χ4n) is 3.38. The van der Waals surface area contributed by atoms with E-state index in [1.165, 1.54) is 22.5 Å². The summed E-state index contributed by atoms with van der Waals surface area (Å²) in [7, 11) is -3.62. The number of carbonyl (C=O) groups excluding carboxylic acids is 1. The van der Waals surface area contributed by atoms with Crippen molar-refractivity contribution in [3.63, 3.8) is 0 Å². The Balaban J connectivity index is 1.63. The second-order valence-electron chi connectivity index (χ2n) is 7.60. The highest BCUT2D eigenvalue weighted by Gasteiger charge is 2.29. The number of piperazine rings is 1. The maximum Gasteiger partial charge on any atom is 0.276 e. The largest absolute Gasteiger partial charge is 0.337 e. The first-order valence-electron chi connectivity index (χ1n) is 10.0. The first kappa shape index (κ1) is 22.6. The summed E-state index contributed by atoms with van der Waals surface area (Å²) in [6.07, 6.45) is 2.71. The Hall–Kier alpha value is -3.04. The molecule has 0 N–H and O–H groups in total. The third-order valence-corrected chi connectivity index (χ3v) is 7.19. The van der Waals surface area contributed by atoms with Gasteiger partial charge in [-0.25, -0.2) is 8.42 Å². The minimum absolute atomic E-state index is 0.0778. The molecule has 1 heterocycles. The molecule has 1 fully saturated rings. The minimum Gasteiger partial charge on any atom is -0.337 e. The van der Waals surface area contributed by atoms with E-state index < -0.39 is 14.9 Å². The number of rotatable bonds is 6. The number of nitro groups is 1. The van der Waals surface area contributed by atoms with Gasteiger partial charge in [-0.15, -0.1) is 0 Å². The van der Waals surface area contributed by atoms with Gasteiger partial charge in [0.2, 0.25) is 15.9 Å². The van der Waals surface area contributed by atoms with Crippen LogP contribution in [0, 0.1) is 10.1 Å². The van der Waals surface area contributed by atoms with E-state index in [2.05, 4.69) is 0 Å². The van der Waals surface area contributed by atoms with Gasteiger partial charge in [0.15, 0.2) is 0 Å². The fraction of sp³-hybridized carbons (Fsp3) is 0.318. The van der Waals surface area contributed by atoms with Gasteiger partial charge in [0, 0.05) is 38.3 Å². The predicted molar refractivity (Wildman–Crippen MR) is 118 cm³/mol. The molecule has 1 aliphatic rings. The highest BCUT2D eigenvalue weighted by Crippen LogP contribution is 2.22. The normalized spacial score (nSPS) is 15.5. The summed E-state index contributed by atoms with van der Waals surface area (Å²) in [5.74, 6) is 0.00757. The summed E-state index contributed by atoms with van der Waals surface area (Å²) in [6.45, 7) is 4.99. The number of nitrogens with zero attached hydrogens (tertiary/aromatic N) is 3. The molecule has 0 unspecified atom stereocenters. The van der Waals surface area contributed by atoms with E-state index >= 15 is 0 Å². The van der Waals surface area contributed by atoms with Crippen LogP contribution in [0.3, 0.4) is 0 Å². The number of hydrogen-bond acceptors (Lipinski definition) is 5. The Morgan fingerprint density at radius 2 is 1.65 bits per heavy atom. The molecule has 164 valence electrons. The van der Waals surface area contributed by atoms with Crippen LogP contribution < -0.4 is 0 Å². The van der Waals surface area contributed by atoms with E-state index in [9.17, 15) is 23.3 Å². The first-order chi connectivity index (χ1) is 14.7. The summed E-state index contributed by atoms with van der Waals surface area (Å²) in [5, 5.41) is 11.1. The molecule has 0 atom stereocenters. The topological polar surface area (TPSA) is 101 Å². The van der Waals surface area contributed by atoms with Crippen LogP contribution in [0.1, 0.15) is 30.9 Å². The maximum absolute atomic E-state index is 12.9. The van der Waals surface area contributed by atoms with Crippen LogP contribution in [0.4, 0.5) is 5.69 Å². The van der Waals surface area contributed by atoms with Crippen LogP contribution in [-0.4, -0.2) is 54.6 Å². The van der Waals surface area contributed by atoms with Gasteiger partial charge in [-0.1, -0.05) is 38.1 Å². The monoisotopic (exact) mass is 443 g/mol. The highest BCUT2D eigenvalue weighted by atomic mass is 32.2. The summed E-state index contributed by atoms with van der Waals surface area (Å²) < 4.78 is 27.2. The Morgan fingerprint density at radius 3 is 2.23 bits per heavy atom. The van der Waals surface area contributed by atoms with Crippen LogP contribution in [0.2, 0.25) is 0 Å². The molecule has 0 bridgehead atoms. The average molecular weight is 444 g/mol. The van der Waals surface area contributed by atoms with Crippen LogP contribution in [0.15, 0.2) is 59.5 Å². The van der Waals surface area contributed by atoms with Crippen LogP contribution >= 0.6 is 0 Å². The van der Waals surface area contributed by atoms with Gasteiger partial charge in [-0.05, 0) is 35.8 Å². The lowest BCUT2D eigenvalue weighted by Crippen LogP contribution is -2.50. The second-order valence-corrected chi connectivity index (χ2v) is 9.54. The molecule has 1 amide bonds. The lowest BCUT2D eigenvalue weighted by atomic mass is 10.0. The average Bonchev–Trinajstić information content (AvgIpc) is 2.77. The zero-order chi connectivity index (χ0) is 22.6. The van der Waals surface area contributed by atoms with Crippen LogP contribution in [-0.2, 0) is 14.8 Å². The number of para-hydroxylation sites is 1. The third kappa shape index (κ3) is 5.18. The van der Waals surface area contributed by atoms with Gasteiger partial charge in [-0.3, -0.25) is 14.9 Å².